The zero-order valence-electron chi connectivity index (χ0n) is 10.9. The quantitative estimate of drug-likeness (QED) is 0.795. The predicted molar refractivity (Wildman–Crippen MR) is 76.7 cm³/mol. The molecule has 1 aliphatic carbocycles. The summed E-state index contributed by atoms with van der Waals surface area (Å²) in [5.74, 6) is 2.16. The third kappa shape index (κ3) is 3.49. The summed E-state index contributed by atoms with van der Waals surface area (Å²) in [6.07, 6.45) is 5.55. The molecule has 1 fully saturated rings. The van der Waals surface area contributed by atoms with Gasteiger partial charge in [-0.05, 0) is 56.5 Å². The van der Waals surface area contributed by atoms with E-state index in [1.165, 1.54) is 41.9 Å². The number of nitrogens with one attached hydrogen (secondary N) is 1. The third-order valence-corrected chi connectivity index (χ3v) is 5.08. The van der Waals surface area contributed by atoms with E-state index in [4.69, 9.17) is 0 Å². The van der Waals surface area contributed by atoms with Gasteiger partial charge in [-0.25, -0.2) is 0 Å². The lowest BCUT2D eigenvalue weighted by atomic mass is 10.0. The van der Waals surface area contributed by atoms with Crippen molar-refractivity contribution >= 4 is 11.8 Å². The highest BCUT2D eigenvalue weighted by atomic mass is 32.2. The highest BCUT2D eigenvalue weighted by Gasteiger charge is 2.25. The second-order valence-corrected chi connectivity index (χ2v) is 6.13. The zero-order valence-corrected chi connectivity index (χ0v) is 11.7. The molecular formula is C15H23NS. The Balaban J connectivity index is 1.78. The van der Waals surface area contributed by atoms with Crippen LogP contribution in [-0.2, 0) is 0 Å². The van der Waals surface area contributed by atoms with Gasteiger partial charge in [0, 0.05) is 10.9 Å². The lowest BCUT2D eigenvalue weighted by molar-refractivity contribution is 0.417. The minimum atomic E-state index is 0.771. The maximum atomic E-state index is 3.46. The molecule has 0 bridgehead atoms. The van der Waals surface area contributed by atoms with Crippen LogP contribution in [0.4, 0.5) is 0 Å². The molecule has 1 saturated carbocycles. The Morgan fingerprint density at radius 1 is 1.29 bits per heavy atom. The standard InChI is InChI=1S/C15H23NS/c1-12-6-3-4-9-15(12)17-11-10-13-7-5-8-14(13)16-2/h3-4,6,9,13-14,16H,5,7-8,10-11H2,1-2H3. The summed E-state index contributed by atoms with van der Waals surface area (Å²) in [6.45, 7) is 2.20. The van der Waals surface area contributed by atoms with E-state index in [9.17, 15) is 0 Å². The SMILES string of the molecule is CNC1CCCC1CCSc1ccccc1C. The Morgan fingerprint density at radius 3 is 2.88 bits per heavy atom. The minimum absolute atomic E-state index is 0.771. The van der Waals surface area contributed by atoms with E-state index in [0.717, 1.165) is 12.0 Å². The normalized spacial score (nSPS) is 24.1. The van der Waals surface area contributed by atoms with Gasteiger partial charge in [0.2, 0.25) is 0 Å². The van der Waals surface area contributed by atoms with Gasteiger partial charge in [0.25, 0.3) is 0 Å². The summed E-state index contributed by atoms with van der Waals surface area (Å²) in [6, 6.07) is 9.47. The molecule has 0 saturated heterocycles. The summed E-state index contributed by atoms with van der Waals surface area (Å²) >= 11 is 2.02. The molecule has 1 aliphatic rings. The fourth-order valence-electron chi connectivity index (χ4n) is 2.80. The first kappa shape index (κ1) is 13.0. The fraction of sp³-hybridized carbons (Fsp3) is 0.600. The first-order chi connectivity index (χ1) is 8.31. The topological polar surface area (TPSA) is 12.0 Å². The van der Waals surface area contributed by atoms with E-state index < -0.39 is 0 Å². The molecule has 0 aromatic heterocycles. The van der Waals surface area contributed by atoms with Crippen LogP contribution in [0.5, 0.6) is 0 Å². The van der Waals surface area contributed by atoms with E-state index in [2.05, 4.69) is 43.6 Å². The maximum Gasteiger partial charge on any atom is 0.0101 e. The molecule has 0 spiro atoms. The predicted octanol–water partition coefficient (Wildman–Crippen LogP) is 3.87. The molecule has 2 atom stereocenters. The first-order valence-corrected chi connectivity index (χ1v) is 7.65. The second-order valence-electron chi connectivity index (χ2n) is 4.99. The molecule has 1 aromatic carbocycles. The largest absolute Gasteiger partial charge is 0.317 e. The van der Waals surface area contributed by atoms with Crippen LogP contribution in [-0.4, -0.2) is 18.8 Å². The molecule has 17 heavy (non-hydrogen) atoms. The minimum Gasteiger partial charge on any atom is -0.317 e. The van der Waals surface area contributed by atoms with Gasteiger partial charge in [0.05, 0.1) is 0 Å². The van der Waals surface area contributed by atoms with E-state index in [1.807, 2.05) is 11.8 Å². The number of benzene rings is 1. The zero-order chi connectivity index (χ0) is 12.1. The number of thioether (sulfide) groups is 1. The van der Waals surface area contributed by atoms with Crippen LogP contribution in [0.25, 0.3) is 0 Å². The molecule has 0 radical (unpaired) electrons. The van der Waals surface area contributed by atoms with Crippen molar-refractivity contribution in [1.29, 1.82) is 0 Å². The summed E-state index contributed by atoms with van der Waals surface area (Å²) in [4.78, 5) is 1.45. The molecule has 2 unspecified atom stereocenters. The van der Waals surface area contributed by atoms with Crippen molar-refractivity contribution in [1.82, 2.24) is 5.32 Å². The van der Waals surface area contributed by atoms with Crippen molar-refractivity contribution < 1.29 is 0 Å². The Bertz CT molecular complexity index is 351. The molecular weight excluding hydrogens is 226 g/mol. The molecule has 0 aliphatic heterocycles. The number of aryl methyl sites for hydroxylation is 1. The lowest BCUT2D eigenvalue weighted by Gasteiger charge is -2.18. The van der Waals surface area contributed by atoms with Crippen LogP contribution in [0.1, 0.15) is 31.2 Å². The highest BCUT2D eigenvalue weighted by molar-refractivity contribution is 7.99. The molecule has 1 nitrogen and oxygen atoms in total. The van der Waals surface area contributed by atoms with E-state index in [0.29, 0.717) is 0 Å². The van der Waals surface area contributed by atoms with Gasteiger partial charge in [-0.15, -0.1) is 11.8 Å². The van der Waals surface area contributed by atoms with E-state index in [1.54, 1.807) is 0 Å². The summed E-state index contributed by atoms with van der Waals surface area (Å²) < 4.78 is 0. The molecule has 2 heteroatoms. The van der Waals surface area contributed by atoms with Gasteiger partial charge in [-0.1, -0.05) is 24.6 Å². The molecule has 0 heterocycles. The second kappa shape index (κ2) is 6.46. The average Bonchev–Trinajstić information content (AvgIpc) is 2.79. The maximum absolute atomic E-state index is 3.46. The Labute approximate surface area is 109 Å². The Kier molecular flexibility index (Phi) is 4.93. The summed E-state index contributed by atoms with van der Waals surface area (Å²) in [5, 5.41) is 3.46. The van der Waals surface area contributed by atoms with E-state index in [-0.39, 0.29) is 0 Å². The highest BCUT2D eigenvalue weighted by Crippen LogP contribution is 2.31. The van der Waals surface area contributed by atoms with Crippen LogP contribution in [0.15, 0.2) is 29.2 Å². The van der Waals surface area contributed by atoms with Gasteiger partial charge in [0.15, 0.2) is 0 Å². The Hall–Kier alpha value is -0.470. The van der Waals surface area contributed by atoms with Crippen molar-refractivity contribution in [2.45, 2.75) is 43.5 Å². The average molecular weight is 249 g/mol. The number of hydrogen-bond acceptors (Lipinski definition) is 2. The number of hydrogen-bond donors (Lipinski definition) is 1. The van der Waals surface area contributed by atoms with E-state index >= 15 is 0 Å². The van der Waals surface area contributed by atoms with Gasteiger partial charge >= 0.3 is 0 Å². The van der Waals surface area contributed by atoms with Crippen LogP contribution in [0.2, 0.25) is 0 Å². The fourth-order valence-corrected chi connectivity index (χ4v) is 3.91. The lowest BCUT2D eigenvalue weighted by Crippen LogP contribution is -2.29. The van der Waals surface area contributed by atoms with Gasteiger partial charge < -0.3 is 5.32 Å². The molecule has 94 valence electrons. The Morgan fingerprint density at radius 2 is 2.12 bits per heavy atom. The van der Waals surface area contributed by atoms with Gasteiger partial charge in [-0.3, -0.25) is 0 Å². The van der Waals surface area contributed by atoms with Crippen molar-refractivity contribution in [3.63, 3.8) is 0 Å². The van der Waals surface area contributed by atoms with Crippen molar-refractivity contribution in [2.24, 2.45) is 5.92 Å². The monoisotopic (exact) mass is 249 g/mol. The number of rotatable bonds is 5. The first-order valence-electron chi connectivity index (χ1n) is 6.67. The van der Waals surface area contributed by atoms with Crippen molar-refractivity contribution in [3.05, 3.63) is 29.8 Å². The van der Waals surface area contributed by atoms with Gasteiger partial charge in [-0.2, -0.15) is 0 Å². The molecule has 1 aromatic rings. The third-order valence-electron chi connectivity index (χ3n) is 3.87. The van der Waals surface area contributed by atoms with Crippen LogP contribution in [0.3, 0.4) is 0 Å². The van der Waals surface area contributed by atoms with Crippen LogP contribution >= 0.6 is 11.8 Å². The summed E-state index contributed by atoms with van der Waals surface area (Å²) in [7, 11) is 2.11. The summed E-state index contributed by atoms with van der Waals surface area (Å²) in [5.41, 5.74) is 1.41. The molecule has 0 amide bonds. The molecule has 1 N–H and O–H groups in total. The van der Waals surface area contributed by atoms with Crippen molar-refractivity contribution in [3.8, 4) is 0 Å². The van der Waals surface area contributed by atoms with Crippen LogP contribution < -0.4 is 5.32 Å². The van der Waals surface area contributed by atoms with Crippen molar-refractivity contribution in [2.75, 3.05) is 12.8 Å². The smallest absolute Gasteiger partial charge is 0.0101 e. The van der Waals surface area contributed by atoms with Crippen LogP contribution in [0, 0.1) is 12.8 Å². The molecule has 2 rings (SSSR count). The van der Waals surface area contributed by atoms with Gasteiger partial charge in [0.1, 0.15) is 0 Å².